The maximum atomic E-state index is 12.2. The number of ketones is 1. The molecule has 0 fully saturated rings. The molecule has 104 valence electrons. The largest absolute Gasteiger partial charge is 0.293 e. The van der Waals surface area contributed by atoms with E-state index in [-0.39, 0.29) is 11.5 Å². The van der Waals surface area contributed by atoms with E-state index in [1.54, 1.807) is 6.07 Å². The number of rotatable bonds is 5. The minimum atomic E-state index is -1.28. The Morgan fingerprint density at radius 3 is 2.40 bits per heavy atom. The molecule has 0 radical (unpaired) electrons. The average molecular weight is 286 g/mol. The Bertz CT molecular complexity index is 630. The van der Waals surface area contributed by atoms with Crippen molar-refractivity contribution in [3.8, 4) is 0 Å². The first-order valence-electron chi connectivity index (χ1n) is 6.67. The molecule has 3 heteroatoms. The number of carbonyl (C=O) groups excluding carboxylic acids is 1. The summed E-state index contributed by atoms with van der Waals surface area (Å²) in [7, 11) is -1.28. The van der Waals surface area contributed by atoms with Gasteiger partial charge in [0.15, 0.2) is 5.78 Å². The van der Waals surface area contributed by atoms with Gasteiger partial charge in [-0.15, -0.1) is 0 Å². The third-order valence-corrected chi connectivity index (χ3v) is 4.50. The molecule has 0 spiro atoms. The monoisotopic (exact) mass is 286 g/mol. The van der Waals surface area contributed by atoms with E-state index in [0.717, 1.165) is 12.0 Å². The van der Waals surface area contributed by atoms with Crippen molar-refractivity contribution in [2.45, 2.75) is 25.2 Å². The molecule has 20 heavy (non-hydrogen) atoms. The second-order valence-electron chi connectivity index (χ2n) is 4.78. The molecule has 0 aromatic heterocycles. The zero-order chi connectivity index (χ0) is 14.5. The molecule has 0 aliphatic rings. The predicted molar refractivity (Wildman–Crippen MR) is 82.6 cm³/mol. The van der Waals surface area contributed by atoms with Gasteiger partial charge >= 0.3 is 0 Å². The standard InChI is InChI=1S/C17H18O2S/c1-3-14-7-9-15(10-8-14)17(18)12-20(19)16-6-4-5-13(2)11-16/h4-11H,3,12H2,1-2H3. The van der Waals surface area contributed by atoms with Gasteiger partial charge in [-0.05, 0) is 36.6 Å². The number of hydrogen-bond donors (Lipinski definition) is 0. The van der Waals surface area contributed by atoms with Gasteiger partial charge in [0.25, 0.3) is 0 Å². The smallest absolute Gasteiger partial charge is 0.175 e. The van der Waals surface area contributed by atoms with Gasteiger partial charge in [0, 0.05) is 10.5 Å². The van der Waals surface area contributed by atoms with Gasteiger partial charge in [-0.2, -0.15) is 0 Å². The van der Waals surface area contributed by atoms with Gasteiger partial charge in [-0.25, -0.2) is 0 Å². The van der Waals surface area contributed by atoms with Crippen molar-refractivity contribution >= 4 is 16.6 Å². The Kier molecular flexibility index (Phi) is 4.85. The Morgan fingerprint density at radius 1 is 1.10 bits per heavy atom. The molecule has 0 aliphatic heterocycles. The van der Waals surface area contributed by atoms with E-state index < -0.39 is 10.8 Å². The van der Waals surface area contributed by atoms with Crippen molar-refractivity contribution in [3.05, 3.63) is 65.2 Å². The zero-order valence-electron chi connectivity index (χ0n) is 11.8. The maximum absolute atomic E-state index is 12.2. The van der Waals surface area contributed by atoms with E-state index in [1.807, 2.05) is 49.4 Å². The first kappa shape index (κ1) is 14.7. The van der Waals surface area contributed by atoms with Gasteiger partial charge in [-0.3, -0.25) is 9.00 Å². The summed E-state index contributed by atoms with van der Waals surface area (Å²) in [5, 5.41) is 0. The van der Waals surface area contributed by atoms with E-state index in [9.17, 15) is 9.00 Å². The first-order chi connectivity index (χ1) is 9.60. The highest BCUT2D eigenvalue weighted by molar-refractivity contribution is 7.85. The van der Waals surface area contributed by atoms with E-state index in [1.165, 1.54) is 5.56 Å². The molecule has 2 rings (SSSR count). The third kappa shape index (κ3) is 3.64. The summed E-state index contributed by atoms with van der Waals surface area (Å²) in [5.41, 5.74) is 2.88. The van der Waals surface area contributed by atoms with Crippen molar-refractivity contribution in [2.24, 2.45) is 0 Å². The Morgan fingerprint density at radius 2 is 1.80 bits per heavy atom. The van der Waals surface area contributed by atoms with E-state index in [4.69, 9.17) is 0 Å². The number of aryl methyl sites for hydroxylation is 2. The number of Topliss-reactive ketones (excluding diaryl/α,β-unsaturated/α-hetero) is 1. The van der Waals surface area contributed by atoms with Crippen LogP contribution < -0.4 is 0 Å². The molecule has 0 saturated heterocycles. The summed E-state index contributed by atoms with van der Waals surface area (Å²) in [5.74, 6) is -0.0398. The highest BCUT2D eigenvalue weighted by Crippen LogP contribution is 2.12. The van der Waals surface area contributed by atoms with Crippen molar-refractivity contribution in [3.63, 3.8) is 0 Å². The molecule has 1 atom stereocenters. The molecular formula is C17H18O2S. The topological polar surface area (TPSA) is 34.1 Å². The summed E-state index contributed by atoms with van der Waals surface area (Å²) in [6.45, 7) is 4.02. The lowest BCUT2D eigenvalue weighted by molar-refractivity contribution is 0.102. The van der Waals surface area contributed by atoms with Crippen LogP contribution in [0, 0.1) is 6.92 Å². The summed E-state index contributed by atoms with van der Waals surface area (Å²) in [6, 6.07) is 15.0. The molecule has 0 saturated carbocycles. The second kappa shape index (κ2) is 6.62. The Hall–Kier alpha value is -1.74. The molecule has 0 N–H and O–H groups in total. The molecular weight excluding hydrogens is 268 g/mol. The van der Waals surface area contributed by atoms with Crippen LogP contribution in [-0.2, 0) is 17.2 Å². The number of benzene rings is 2. The van der Waals surface area contributed by atoms with Gasteiger partial charge in [-0.1, -0.05) is 43.3 Å². The van der Waals surface area contributed by atoms with Crippen LogP contribution in [0.5, 0.6) is 0 Å². The molecule has 0 bridgehead atoms. The molecule has 0 aliphatic carbocycles. The fourth-order valence-corrected chi connectivity index (χ4v) is 3.09. The highest BCUT2D eigenvalue weighted by Gasteiger charge is 2.12. The molecule has 2 nitrogen and oxygen atoms in total. The van der Waals surface area contributed by atoms with Crippen LogP contribution in [-0.4, -0.2) is 15.7 Å². The Labute approximate surface area is 122 Å². The predicted octanol–water partition coefficient (Wildman–Crippen LogP) is 3.55. The van der Waals surface area contributed by atoms with Crippen LogP contribution >= 0.6 is 0 Å². The fraction of sp³-hybridized carbons (Fsp3) is 0.235. The van der Waals surface area contributed by atoms with Gasteiger partial charge in [0.2, 0.25) is 0 Å². The molecule has 0 heterocycles. The van der Waals surface area contributed by atoms with Crippen LogP contribution in [0.3, 0.4) is 0 Å². The number of hydrogen-bond acceptors (Lipinski definition) is 2. The third-order valence-electron chi connectivity index (χ3n) is 3.20. The maximum Gasteiger partial charge on any atom is 0.175 e. The van der Waals surface area contributed by atoms with Gasteiger partial charge < -0.3 is 0 Å². The van der Waals surface area contributed by atoms with Crippen LogP contribution in [0.15, 0.2) is 53.4 Å². The minimum absolute atomic E-state index is 0.0366. The zero-order valence-corrected chi connectivity index (χ0v) is 12.6. The summed E-state index contributed by atoms with van der Waals surface area (Å²) in [4.78, 5) is 12.8. The van der Waals surface area contributed by atoms with Crippen LogP contribution in [0.25, 0.3) is 0 Å². The SMILES string of the molecule is CCc1ccc(C(=O)CS(=O)c2cccc(C)c2)cc1. The Balaban J connectivity index is 2.08. The molecule has 1 unspecified atom stereocenters. The van der Waals surface area contributed by atoms with Crippen LogP contribution in [0.2, 0.25) is 0 Å². The lowest BCUT2D eigenvalue weighted by atomic mass is 10.1. The van der Waals surface area contributed by atoms with Gasteiger partial charge in [0.05, 0.1) is 16.6 Å². The molecule has 0 amide bonds. The number of carbonyl (C=O) groups is 1. The molecule has 2 aromatic carbocycles. The summed E-state index contributed by atoms with van der Waals surface area (Å²) < 4.78 is 12.2. The normalized spacial score (nSPS) is 12.1. The van der Waals surface area contributed by atoms with Crippen molar-refractivity contribution < 1.29 is 9.00 Å². The molecule has 2 aromatic rings. The van der Waals surface area contributed by atoms with Crippen molar-refractivity contribution in [1.29, 1.82) is 0 Å². The average Bonchev–Trinajstić information content (AvgIpc) is 2.47. The van der Waals surface area contributed by atoms with Crippen molar-refractivity contribution in [1.82, 2.24) is 0 Å². The van der Waals surface area contributed by atoms with E-state index >= 15 is 0 Å². The van der Waals surface area contributed by atoms with Gasteiger partial charge in [0.1, 0.15) is 0 Å². The van der Waals surface area contributed by atoms with E-state index in [0.29, 0.717) is 10.5 Å². The van der Waals surface area contributed by atoms with Crippen molar-refractivity contribution in [2.75, 3.05) is 5.75 Å². The quantitative estimate of drug-likeness (QED) is 0.788. The second-order valence-corrected chi connectivity index (χ2v) is 6.23. The highest BCUT2D eigenvalue weighted by atomic mass is 32.2. The van der Waals surface area contributed by atoms with Crippen LogP contribution in [0.4, 0.5) is 0 Å². The summed E-state index contributed by atoms with van der Waals surface area (Å²) in [6.07, 6.45) is 0.948. The summed E-state index contributed by atoms with van der Waals surface area (Å²) >= 11 is 0. The minimum Gasteiger partial charge on any atom is -0.293 e. The lowest BCUT2D eigenvalue weighted by Gasteiger charge is -2.04. The first-order valence-corrected chi connectivity index (χ1v) is 7.99. The van der Waals surface area contributed by atoms with Crippen LogP contribution in [0.1, 0.15) is 28.4 Å². The van der Waals surface area contributed by atoms with E-state index in [2.05, 4.69) is 6.92 Å². The lowest BCUT2D eigenvalue weighted by Crippen LogP contribution is -2.11. The fourth-order valence-electron chi connectivity index (χ4n) is 1.97.